The summed E-state index contributed by atoms with van der Waals surface area (Å²) in [5.74, 6) is 3.08. The van der Waals surface area contributed by atoms with Crippen molar-refractivity contribution in [1.82, 2.24) is 5.32 Å². The highest BCUT2D eigenvalue weighted by Crippen LogP contribution is 2.17. The van der Waals surface area contributed by atoms with Gasteiger partial charge in [-0.25, -0.2) is 0 Å². The number of hydrogen-bond acceptors (Lipinski definition) is 3. The lowest BCUT2D eigenvalue weighted by molar-refractivity contribution is 0.437. The minimum atomic E-state index is -0.335. The molecule has 0 saturated carbocycles. The summed E-state index contributed by atoms with van der Waals surface area (Å²) in [7, 11) is 0. The maximum absolute atomic E-state index is 9.14. The Morgan fingerprint density at radius 3 is 2.62 bits per heavy atom. The van der Waals surface area contributed by atoms with Crippen LogP contribution in [0.1, 0.15) is 47.0 Å². The van der Waals surface area contributed by atoms with E-state index in [4.69, 9.17) is 5.26 Å². The monoisotopic (exact) mass is 242 g/mol. The summed E-state index contributed by atoms with van der Waals surface area (Å²) in [6, 6.07) is 2.39. The van der Waals surface area contributed by atoms with E-state index in [0.29, 0.717) is 0 Å². The van der Waals surface area contributed by atoms with Gasteiger partial charge in [-0.05, 0) is 43.7 Å². The van der Waals surface area contributed by atoms with Gasteiger partial charge in [-0.1, -0.05) is 27.2 Å². The SMILES string of the molecule is CCCNC(C)(C#N)CCSCC(C)CC. The Bertz CT molecular complexity index is 212. The largest absolute Gasteiger partial charge is 0.300 e. The molecule has 0 spiro atoms. The summed E-state index contributed by atoms with van der Waals surface area (Å²) in [6.45, 7) is 9.58. The highest BCUT2D eigenvalue weighted by atomic mass is 32.2. The van der Waals surface area contributed by atoms with Crippen molar-refractivity contribution in [2.75, 3.05) is 18.1 Å². The summed E-state index contributed by atoms with van der Waals surface area (Å²) < 4.78 is 0. The van der Waals surface area contributed by atoms with E-state index in [1.807, 2.05) is 18.7 Å². The van der Waals surface area contributed by atoms with E-state index >= 15 is 0 Å². The Hall–Kier alpha value is -0.200. The zero-order valence-corrected chi connectivity index (χ0v) is 12.0. The third-order valence-corrected chi connectivity index (χ3v) is 4.16. The molecular weight excluding hydrogens is 216 g/mol. The van der Waals surface area contributed by atoms with Crippen LogP contribution in [-0.2, 0) is 0 Å². The molecule has 1 N–H and O–H groups in total. The lowest BCUT2D eigenvalue weighted by atomic mass is 10.0. The van der Waals surface area contributed by atoms with Gasteiger partial charge in [-0.15, -0.1) is 0 Å². The highest BCUT2D eigenvalue weighted by molar-refractivity contribution is 7.99. The van der Waals surface area contributed by atoms with Crippen molar-refractivity contribution in [3.05, 3.63) is 0 Å². The molecule has 16 heavy (non-hydrogen) atoms. The first-order valence-electron chi connectivity index (χ1n) is 6.32. The van der Waals surface area contributed by atoms with E-state index < -0.39 is 0 Å². The third kappa shape index (κ3) is 7.14. The molecule has 2 unspecified atom stereocenters. The van der Waals surface area contributed by atoms with Gasteiger partial charge >= 0.3 is 0 Å². The lowest BCUT2D eigenvalue weighted by Crippen LogP contribution is -2.41. The molecule has 0 aromatic carbocycles. The Balaban J connectivity index is 3.74. The molecule has 0 aliphatic heterocycles. The van der Waals surface area contributed by atoms with Gasteiger partial charge in [0.1, 0.15) is 5.54 Å². The zero-order chi connectivity index (χ0) is 12.4. The second-order valence-corrected chi connectivity index (χ2v) is 5.86. The fraction of sp³-hybridized carbons (Fsp3) is 0.923. The van der Waals surface area contributed by atoms with Gasteiger partial charge in [-0.2, -0.15) is 17.0 Å². The van der Waals surface area contributed by atoms with Gasteiger partial charge in [0.15, 0.2) is 0 Å². The molecule has 0 bridgehead atoms. The maximum atomic E-state index is 9.14. The number of nitrogens with zero attached hydrogens (tertiary/aromatic N) is 1. The van der Waals surface area contributed by atoms with Crippen LogP contribution in [-0.4, -0.2) is 23.6 Å². The van der Waals surface area contributed by atoms with Crippen LogP contribution in [0.2, 0.25) is 0 Å². The number of hydrogen-bond donors (Lipinski definition) is 1. The summed E-state index contributed by atoms with van der Waals surface area (Å²) >= 11 is 1.97. The number of nitriles is 1. The van der Waals surface area contributed by atoms with Crippen LogP contribution < -0.4 is 5.32 Å². The van der Waals surface area contributed by atoms with Crippen LogP contribution >= 0.6 is 11.8 Å². The molecule has 0 aliphatic rings. The minimum absolute atomic E-state index is 0.335. The van der Waals surface area contributed by atoms with Crippen LogP contribution in [0, 0.1) is 17.2 Å². The fourth-order valence-corrected chi connectivity index (χ4v) is 2.62. The first-order chi connectivity index (χ1) is 7.58. The molecule has 0 aromatic rings. The van der Waals surface area contributed by atoms with E-state index in [0.717, 1.165) is 31.1 Å². The van der Waals surface area contributed by atoms with Crippen LogP contribution in [0.4, 0.5) is 0 Å². The summed E-state index contributed by atoms with van der Waals surface area (Å²) in [4.78, 5) is 0. The van der Waals surface area contributed by atoms with Crippen molar-refractivity contribution < 1.29 is 0 Å². The molecular formula is C13H26N2S. The number of rotatable bonds is 9. The van der Waals surface area contributed by atoms with Crippen molar-refractivity contribution in [2.24, 2.45) is 5.92 Å². The maximum Gasteiger partial charge on any atom is 0.104 e. The van der Waals surface area contributed by atoms with Crippen LogP contribution in [0.5, 0.6) is 0 Å². The Labute approximate surface area is 105 Å². The number of nitrogens with one attached hydrogen (secondary N) is 1. The van der Waals surface area contributed by atoms with E-state index in [1.165, 1.54) is 12.2 Å². The van der Waals surface area contributed by atoms with Gasteiger partial charge in [-0.3, -0.25) is 5.32 Å². The van der Waals surface area contributed by atoms with Gasteiger partial charge < -0.3 is 0 Å². The zero-order valence-electron chi connectivity index (χ0n) is 11.2. The molecule has 0 saturated heterocycles. The molecule has 3 heteroatoms. The molecule has 0 aromatic heterocycles. The van der Waals surface area contributed by atoms with Crippen molar-refractivity contribution in [1.29, 1.82) is 5.26 Å². The van der Waals surface area contributed by atoms with Gasteiger partial charge in [0.2, 0.25) is 0 Å². The average molecular weight is 242 g/mol. The molecule has 0 amide bonds. The topological polar surface area (TPSA) is 35.8 Å². The second kappa shape index (κ2) is 8.90. The van der Waals surface area contributed by atoms with Crippen molar-refractivity contribution in [3.8, 4) is 6.07 Å². The average Bonchev–Trinajstić information content (AvgIpc) is 2.31. The first kappa shape index (κ1) is 15.8. The molecule has 2 nitrogen and oxygen atoms in total. The standard InChI is InChI=1S/C13H26N2S/c1-5-8-15-13(4,11-14)7-9-16-10-12(3)6-2/h12,15H,5-10H2,1-4H3. The van der Waals surface area contributed by atoms with Crippen molar-refractivity contribution in [3.63, 3.8) is 0 Å². The van der Waals surface area contributed by atoms with Crippen molar-refractivity contribution >= 4 is 11.8 Å². The predicted octanol–water partition coefficient (Wildman–Crippen LogP) is 3.44. The molecule has 0 radical (unpaired) electrons. The van der Waals surface area contributed by atoms with E-state index in [2.05, 4.69) is 32.2 Å². The van der Waals surface area contributed by atoms with Crippen LogP contribution in [0.15, 0.2) is 0 Å². The Kier molecular flexibility index (Phi) is 8.78. The second-order valence-electron chi connectivity index (χ2n) is 4.71. The molecule has 2 atom stereocenters. The van der Waals surface area contributed by atoms with Crippen LogP contribution in [0.3, 0.4) is 0 Å². The Morgan fingerprint density at radius 1 is 1.44 bits per heavy atom. The smallest absolute Gasteiger partial charge is 0.104 e. The highest BCUT2D eigenvalue weighted by Gasteiger charge is 2.21. The molecule has 94 valence electrons. The quantitative estimate of drug-likeness (QED) is 0.629. The normalized spacial score (nSPS) is 16.4. The van der Waals surface area contributed by atoms with E-state index in [9.17, 15) is 0 Å². The fourth-order valence-electron chi connectivity index (χ4n) is 1.26. The summed E-state index contributed by atoms with van der Waals surface area (Å²) in [5.41, 5.74) is -0.335. The van der Waals surface area contributed by atoms with Gasteiger partial charge in [0.25, 0.3) is 0 Å². The van der Waals surface area contributed by atoms with Crippen LogP contribution in [0.25, 0.3) is 0 Å². The minimum Gasteiger partial charge on any atom is -0.300 e. The molecule has 0 aliphatic carbocycles. The van der Waals surface area contributed by atoms with E-state index in [1.54, 1.807) is 0 Å². The van der Waals surface area contributed by atoms with Gasteiger partial charge in [0.05, 0.1) is 6.07 Å². The van der Waals surface area contributed by atoms with Crippen molar-refractivity contribution in [2.45, 2.75) is 52.5 Å². The summed E-state index contributed by atoms with van der Waals surface area (Å²) in [5, 5.41) is 12.5. The predicted molar refractivity (Wildman–Crippen MR) is 73.7 cm³/mol. The number of thioether (sulfide) groups is 1. The molecule has 0 fully saturated rings. The summed E-state index contributed by atoms with van der Waals surface area (Å²) in [6.07, 6.45) is 3.26. The third-order valence-electron chi connectivity index (χ3n) is 2.86. The van der Waals surface area contributed by atoms with E-state index in [-0.39, 0.29) is 5.54 Å². The molecule has 0 rings (SSSR count). The lowest BCUT2D eigenvalue weighted by Gasteiger charge is -2.23. The Morgan fingerprint density at radius 2 is 2.12 bits per heavy atom. The molecule has 0 heterocycles. The van der Waals surface area contributed by atoms with Gasteiger partial charge in [0, 0.05) is 0 Å². The first-order valence-corrected chi connectivity index (χ1v) is 7.47.